The maximum Gasteiger partial charge on any atom is 0.261 e. The van der Waals surface area contributed by atoms with Crippen LogP contribution in [0.4, 0.5) is 5.69 Å². The predicted octanol–water partition coefficient (Wildman–Crippen LogP) is 2.91. The normalized spacial score (nSPS) is 18.5. The van der Waals surface area contributed by atoms with Crippen molar-refractivity contribution in [2.24, 2.45) is 5.92 Å². The van der Waals surface area contributed by atoms with Crippen molar-refractivity contribution in [3.05, 3.63) is 52.8 Å². The minimum atomic E-state index is -0.00701. The summed E-state index contributed by atoms with van der Waals surface area (Å²) in [5.41, 5.74) is 2.40. The molecule has 1 aromatic heterocycles. The number of benzene rings is 2. The molecule has 164 valence electrons. The highest BCUT2D eigenvalue weighted by atomic mass is 16.3. The van der Waals surface area contributed by atoms with E-state index in [0.29, 0.717) is 29.2 Å². The zero-order chi connectivity index (χ0) is 21.8. The lowest BCUT2D eigenvalue weighted by molar-refractivity contribution is -0.887. The number of phenolic OH excluding ortho intramolecular Hbond substituents is 1. The Morgan fingerprint density at radius 2 is 2.10 bits per heavy atom. The number of anilines is 1. The second kappa shape index (κ2) is 9.52. The molecular weight excluding hydrogens is 388 g/mol. The summed E-state index contributed by atoms with van der Waals surface area (Å²) in [7, 11) is 0. The minimum Gasteiger partial charge on any atom is -0.508 e. The zero-order valence-corrected chi connectivity index (χ0v) is 18.5. The molecule has 6 heteroatoms. The Balaban J connectivity index is 1.78. The van der Waals surface area contributed by atoms with E-state index in [-0.39, 0.29) is 11.3 Å². The third-order valence-corrected chi connectivity index (χ3v) is 6.34. The lowest BCUT2D eigenvalue weighted by Crippen LogP contribution is -3.09. The third kappa shape index (κ3) is 4.74. The van der Waals surface area contributed by atoms with Crippen LogP contribution in [0, 0.1) is 5.92 Å². The Kier molecular flexibility index (Phi) is 6.56. The molecule has 0 amide bonds. The molecule has 0 saturated carbocycles. The average molecular weight is 422 g/mol. The molecule has 1 aliphatic rings. The van der Waals surface area contributed by atoms with Crippen molar-refractivity contribution in [3.63, 3.8) is 0 Å². The highest BCUT2D eigenvalue weighted by Crippen LogP contribution is 2.25. The maximum atomic E-state index is 13.7. The Hall–Kier alpha value is -2.86. The van der Waals surface area contributed by atoms with Gasteiger partial charge >= 0.3 is 0 Å². The highest BCUT2D eigenvalue weighted by molar-refractivity contribution is 5.83. The first-order chi connectivity index (χ1) is 15.1. The van der Waals surface area contributed by atoms with Crippen molar-refractivity contribution in [3.8, 4) is 17.1 Å². The Bertz CT molecular complexity index is 1110. The number of nitrogens with one attached hydrogen (secondary N) is 2. The SMILES string of the molecule is CCCCNc1ccc2nc(-c3cccc(O)c3)n(CC3CC[NH+](CC)C3)c(=O)c2c1. The Morgan fingerprint density at radius 3 is 2.84 bits per heavy atom. The first-order valence-electron chi connectivity index (χ1n) is 11.5. The molecular formula is C25H33N4O2+. The lowest BCUT2D eigenvalue weighted by atomic mass is 10.1. The van der Waals surface area contributed by atoms with Gasteiger partial charge < -0.3 is 15.3 Å². The van der Waals surface area contributed by atoms with Crippen LogP contribution < -0.4 is 15.8 Å². The van der Waals surface area contributed by atoms with Gasteiger partial charge in [0.25, 0.3) is 5.56 Å². The van der Waals surface area contributed by atoms with Crippen LogP contribution in [-0.4, -0.2) is 40.8 Å². The number of aromatic hydroxyl groups is 1. The molecule has 3 N–H and O–H groups in total. The van der Waals surface area contributed by atoms with Crippen LogP contribution >= 0.6 is 0 Å². The quantitative estimate of drug-likeness (QED) is 0.489. The van der Waals surface area contributed by atoms with Crippen molar-refractivity contribution in [1.82, 2.24) is 9.55 Å². The molecule has 3 aromatic rings. The van der Waals surface area contributed by atoms with Crippen molar-refractivity contribution < 1.29 is 10.0 Å². The van der Waals surface area contributed by atoms with Gasteiger partial charge in [-0.25, -0.2) is 4.98 Å². The standard InChI is InChI=1S/C25H32N4O2/c1-3-5-12-26-20-9-10-23-22(15-20)25(31)29(17-18-11-13-28(4-2)16-18)24(27-23)19-7-6-8-21(30)14-19/h6-10,14-15,18,26,30H,3-5,11-13,16-17H2,1-2H3/p+1. The number of aromatic nitrogens is 2. The number of hydrogen-bond acceptors (Lipinski definition) is 4. The summed E-state index contributed by atoms with van der Waals surface area (Å²) in [5, 5.41) is 14.1. The van der Waals surface area contributed by atoms with Crippen LogP contribution in [0.1, 0.15) is 33.1 Å². The van der Waals surface area contributed by atoms with Crippen molar-refractivity contribution >= 4 is 16.6 Å². The van der Waals surface area contributed by atoms with Crippen LogP contribution in [0.5, 0.6) is 5.75 Å². The smallest absolute Gasteiger partial charge is 0.261 e. The molecule has 0 aliphatic carbocycles. The molecule has 1 aliphatic heterocycles. The molecule has 0 bridgehead atoms. The van der Waals surface area contributed by atoms with Gasteiger partial charge in [-0.2, -0.15) is 0 Å². The molecule has 2 aromatic carbocycles. The number of fused-ring (bicyclic) bond motifs is 1. The fourth-order valence-corrected chi connectivity index (χ4v) is 4.53. The first-order valence-corrected chi connectivity index (χ1v) is 11.5. The van der Waals surface area contributed by atoms with Crippen LogP contribution in [0.2, 0.25) is 0 Å². The average Bonchev–Trinajstić information content (AvgIpc) is 3.24. The molecule has 2 atom stereocenters. The summed E-state index contributed by atoms with van der Waals surface area (Å²) in [4.78, 5) is 20.1. The number of phenols is 1. The molecule has 1 fully saturated rings. The van der Waals surface area contributed by atoms with E-state index in [1.54, 1.807) is 23.1 Å². The summed E-state index contributed by atoms with van der Waals surface area (Å²) in [6, 6.07) is 12.9. The summed E-state index contributed by atoms with van der Waals surface area (Å²) in [6.07, 6.45) is 3.33. The van der Waals surface area contributed by atoms with E-state index in [1.807, 2.05) is 28.8 Å². The van der Waals surface area contributed by atoms with E-state index < -0.39 is 0 Å². The summed E-state index contributed by atoms with van der Waals surface area (Å²) < 4.78 is 1.83. The number of likely N-dealkylation sites (tertiary alicyclic amines) is 1. The fraction of sp³-hybridized carbons (Fsp3) is 0.440. The van der Waals surface area contributed by atoms with Gasteiger partial charge in [0.1, 0.15) is 11.6 Å². The molecule has 0 radical (unpaired) electrons. The number of unbranched alkanes of at least 4 members (excludes halogenated alkanes) is 1. The first kappa shape index (κ1) is 21.4. The van der Waals surface area contributed by atoms with E-state index >= 15 is 0 Å². The van der Waals surface area contributed by atoms with Crippen molar-refractivity contribution in [2.75, 3.05) is 31.5 Å². The molecule has 6 nitrogen and oxygen atoms in total. The third-order valence-electron chi connectivity index (χ3n) is 6.34. The van der Waals surface area contributed by atoms with E-state index in [4.69, 9.17) is 4.98 Å². The zero-order valence-electron chi connectivity index (χ0n) is 18.5. The number of quaternary nitrogens is 1. The van der Waals surface area contributed by atoms with Gasteiger partial charge in [0, 0.05) is 36.7 Å². The summed E-state index contributed by atoms with van der Waals surface area (Å²) >= 11 is 0. The molecule has 1 saturated heterocycles. The van der Waals surface area contributed by atoms with Gasteiger partial charge in [-0.15, -0.1) is 0 Å². The highest BCUT2D eigenvalue weighted by Gasteiger charge is 2.27. The number of nitrogens with zero attached hydrogens (tertiary/aromatic N) is 2. The van der Waals surface area contributed by atoms with E-state index in [0.717, 1.165) is 56.7 Å². The van der Waals surface area contributed by atoms with Crippen LogP contribution in [-0.2, 0) is 6.54 Å². The van der Waals surface area contributed by atoms with Gasteiger partial charge in [-0.1, -0.05) is 25.5 Å². The number of hydrogen-bond donors (Lipinski definition) is 3. The Morgan fingerprint density at radius 1 is 1.23 bits per heavy atom. The predicted molar refractivity (Wildman–Crippen MR) is 126 cm³/mol. The van der Waals surface area contributed by atoms with Crippen molar-refractivity contribution in [2.45, 2.75) is 39.7 Å². The van der Waals surface area contributed by atoms with Crippen LogP contribution in [0.3, 0.4) is 0 Å². The molecule has 31 heavy (non-hydrogen) atoms. The largest absolute Gasteiger partial charge is 0.508 e. The van der Waals surface area contributed by atoms with Gasteiger partial charge in [-0.05, 0) is 43.7 Å². The topological polar surface area (TPSA) is 71.6 Å². The van der Waals surface area contributed by atoms with Crippen LogP contribution in [0.25, 0.3) is 22.3 Å². The lowest BCUT2D eigenvalue weighted by Gasteiger charge is -2.17. The second-order valence-corrected chi connectivity index (χ2v) is 8.63. The van der Waals surface area contributed by atoms with E-state index in [1.165, 1.54) is 0 Å². The minimum absolute atomic E-state index is 0.00701. The van der Waals surface area contributed by atoms with Gasteiger partial charge in [-0.3, -0.25) is 9.36 Å². The van der Waals surface area contributed by atoms with Crippen molar-refractivity contribution in [1.29, 1.82) is 0 Å². The maximum absolute atomic E-state index is 13.7. The number of rotatable bonds is 8. The fourth-order valence-electron chi connectivity index (χ4n) is 4.53. The molecule has 2 unspecified atom stereocenters. The molecule has 2 heterocycles. The van der Waals surface area contributed by atoms with Gasteiger partial charge in [0.15, 0.2) is 0 Å². The van der Waals surface area contributed by atoms with Crippen LogP contribution in [0.15, 0.2) is 47.3 Å². The Labute approximate surface area is 183 Å². The van der Waals surface area contributed by atoms with Gasteiger partial charge in [0.05, 0.1) is 30.5 Å². The summed E-state index contributed by atoms with van der Waals surface area (Å²) in [5.74, 6) is 1.26. The van der Waals surface area contributed by atoms with E-state index in [2.05, 4.69) is 19.2 Å². The van der Waals surface area contributed by atoms with E-state index in [9.17, 15) is 9.90 Å². The molecule has 0 spiro atoms. The van der Waals surface area contributed by atoms with Gasteiger partial charge in [0.2, 0.25) is 0 Å². The summed E-state index contributed by atoms with van der Waals surface area (Å²) in [6.45, 7) is 9.29. The monoisotopic (exact) mass is 421 g/mol. The second-order valence-electron chi connectivity index (χ2n) is 8.63. The molecule has 4 rings (SSSR count).